The third-order valence-electron chi connectivity index (χ3n) is 3.53. The first kappa shape index (κ1) is 18.9. The predicted molar refractivity (Wildman–Crippen MR) is 99.5 cm³/mol. The van der Waals surface area contributed by atoms with Gasteiger partial charge in [-0.05, 0) is 43.2 Å². The summed E-state index contributed by atoms with van der Waals surface area (Å²) in [6, 6.07) is 15.5. The average molecular weight is 358 g/mol. The highest BCUT2D eigenvalue weighted by Gasteiger charge is 2.06. The van der Waals surface area contributed by atoms with E-state index in [1.807, 2.05) is 55.5 Å². The minimum Gasteiger partial charge on any atom is -0.497 e. The first-order valence-corrected chi connectivity index (χ1v) is 8.95. The molecule has 0 aliphatic heterocycles. The Hall–Kier alpha value is -2.47. The number of ether oxygens (including phenoxy) is 1. The number of rotatable bonds is 7. The molecule has 0 fully saturated rings. The standard InChI is InChI=1S/C19H22N2O3S/c1-14-3-10-17(11-4-14)25-13-19(23)21-20-18(22)12-7-15-5-8-16(24-2)9-6-15/h3-6,8-11H,7,12-13H2,1-2H3,(H,20,22)(H,21,23). The Kier molecular flexibility index (Phi) is 7.35. The van der Waals surface area contributed by atoms with Crippen molar-refractivity contribution >= 4 is 23.6 Å². The van der Waals surface area contributed by atoms with Gasteiger partial charge in [0.05, 0.1) is 12.9 Å². The second kappa shape index (κ2) is 9.74. The number of hydrogen-bond donors (Lipinski definition) is 2. The lowest BCUT2D eigenvalue weighted by Gasteiger charge is -2.08. The maximum absolute atomic E-state index is 11.8. The molecule has 0 aliphatic carbocycles. The van der Waals surface area contributed by atoms with Crippen LogP contribution in [-0.4, -0.2) is 24.7 Å². The van der Waals surface area contributed by atoms with Gasteiger partial charge in [-0.25, -0.2) is 0 Å². The van der Waals surface area contributed by atoms with Crippen LogP contribution in [0.5, 0.6) is 5.75 Å². The van der Waals surface area contributed by atoms with Crippen molar-refractivity contribution in [2.24, 2.45) is 0 Å². The van der Waals surface area contributed by atoms with E-state index in [2.05, 4.69) is 10.9 Å². The van der Waals surface area contributed by atoms with Crippen LogP contribution >= 0.6 is 11.8 Å². The van der Waals surface area contributed by atoms with Gasteiger partial charge in [0.1, 0.15) is 5.75 Å². The molecule has 0 aromatic heterocycles. The van der Waals surface area contributed by atoms with Crippen LogP contribution in [0.25, 0.3) is 0 Å². The van der Waals surface area contributed by atoms with Crippen LogP contribution in [-0.2, 0) is 16.0 Å². The lowest BCUT2D eigenvalue weighted by atomic mass is 10.1. The molecule has 5 nitrogen and oxygen atoms in total. The number of hydrazine groups is 1. The summed E-state index contributed by atoms with van der Waals surface area (Å²) in [5.74, 6) is 0.585. The van der Waals surface area contributed by atoms with Gasteiger partial charge < -0.3 is 4.74 Å². The van der Waals surface area contributed by atoms with Gasteiger partial charge in [0, 0.05) is 11.3 Å². The van der Waals surface area contributed by atoms with E-state index >= 15 is 0 Å². The Morgan fingerprint density at radius 2 is 1.60 bits per heavy atom. The highest BCUT2D eigenvalue weighted by atomic mass is 32.2. The number of nitrogens with one attached hydrogen (secondary N) is 2. The fourth-order valence-corrected chi connectivity index (χ4v) is 2.77. The summed E-state index contributed by atoms with van der Waals surface area (Å²) in [6.45, 7) is 2.02. The molecule has 0 heterocycles. The summed E-state index contributed by atoms with van der Waals surface area (Å²) in [5, 5.41) is 0. The van der Waals surface area contributed by atoms with E-state index in [0.717, 1.165) is 16.2 Å². The SMILES string of the molecule is COc1ccc(CCC(=O)NNC(=O)CSc2ccc(C)cc2)cc1. The van der Waals surface area contributed by atoms with Gasteiger partial charge in [-0.1, -0.05) is 29.8 Å². The van der Waals surface area contributed by atoms with Crippen molar-refractivity contribution < 1.29 is 14.3 Å². The molecule has 0 saturated heterocycles. The first-order chi connectivity index (χ1) is 12.1. The average Bonchev–Trinajstić information content (AvgIpc) is 2.64. The van der Waals surface area contributed by atoms with Crippen LogP contribution in [0, 0.1) is 6.92 Å². The lowest BCUT2D eigenvalue weighted by Crippen LogP contribution is -2.42. The zero-order valence-corrected chi connectivity index (χ0v) is 15.2. The largest absolute Gasteiger partial charge is 0.497 e. The molecule has 6 heteroatoms. The van der Waals surface area contributed by atoms with Crippen molar-refractivity contribution in [3.63, 3.8) is 0 Å². The maximum atomic E-state index is 11.8. The summed E-state index contributed by atoms with van der Waals surface area (Å²) < 4.78 is 5.09. The van der Waals surface area contributed by atoms with Crippen molar-refractivity contribution in [1.82, 2.24) is 10.9 Å². The van der Waals surface area contributed by atoms with E-state index in [1.54, 1.807) is 7.11 Å². The minimum atomic E-state index is -0.233. The van der Waals surface area contributed by atoms with Gasteiger partial charge in [-0.3, -0.25) is 20.4 Å². The number of carbonyl (C=O) groups is 2. The first-order valence-electron chi connectivity index (χ1n) is 7.97. The molecule has 2 N–H and O–H groups in total. The van der Waals surface area contributed by atoms with Crippen LogP contribution in [0.2, 0.25) is 0 Å². The highest BCUT2D eigenvalue weighted by molar-refractivity contribution is 8.00. The summed E-state index contributed by atoms with van der Waals surface area (Å²) in [7, 11) is 1.61. The van der Waals surface area contributed by atoms with E-state index < -0.39 is 0 Å². The Morgan fingerprint density at radius 1 is 0.960 bits per heavy atom. The van der Waals surface area contributed by atoms with Crippen molar-refractivity contribution in [3.05, 3.63) is 59.7 Å². The molecule has 0 atom stereocenters. The molecular formula is C19H22N2O3S. The summed E-state index contributed by atoms with van der Waals surface area (Å²) >= 11 is 1.43. The zero-order valence-electron chi connectivity index (χ0n) is 14.4. The van der Waals surface area contributed by atoms with Gasteiger partial charge in [-0.15, -0.1) is 11.8 Å². The molecule has 2 amide bonds. The Labute approximate surface area is 152 Å². The van der Waals surface area contributed by atoms with Crippen molar-refractivity contribution in [3.8, 4) is 5.75 Å². The van der Waals surface area contributed by atoms with Crippen molar-refractivity contribution in [2.75, 3.05) is 12.9 Å². The van der Waals surface area contributed by atoms with E-state index in [0.29, 0.717) is 12.8 Å². The molecule has 0 unspecified atom stereocenters. The molecule has 0 spiro atoms. The number of aryl methyl sites for hydroxylation is 2. The van der Waals surface area contributed by atoms with Crippen LogP contribution in [0.15, 0.2) is 53.4 Å². The quantitative estimate of drug-likeness (QED) is 0.590. The zero-order chi connectivity index (χ0) is 18.1. The van der Waals surface area contributed by atoms with Crippen molar-refractivity contribution in [1.29, 1.82) is 0 Å². The predicted octanol–water partition coefficient (Wildman–Crippen LogP) is 2.88. The van der Waals surface area contributed by atoms with Crippen LogP contribution in [0.4, 0.5) is 0 Å². The molecule has 2 rings (SSSR count). The molecular weight excluding hydrogens is 336 g/mol. The molecule has 2 aromatic carbocycles. The van der Waals surface area contributed by atoms with Crippen LogP contribution in [0.1, 0.15) is 17.5 Å². The van der Waals surface area contributed by atoms with Gasteiger partial charge in [0.15, 0.2) is 0 Å². The number of hydrogen-bond acceptors (Lipinski definition) is 4. The second-order valence-electron chi connectivity index (χ2n) is 5.55. The molecule has 0 aliphatic rings. The third kappa shape index (κ3) is 6.89. The summed E-state index contributed by atoms with van der Waals surface area (Å²) in [6.07, 6.45) is 0.904. The highest BCUT2D eigenvalue weighted by Crippen LogP contribution is 2.17. The van der Waals surface area contributed by atoms with E-state index in [1.165, 1.54) is 17.3 Å². The molecule has 25 heavy (non-hydrogen) atoms. The van der Waals surface area contributed by atoms with Gasteiger partial charge in [0.25, 0.3) is 0 Å². The molecule has 0 bridgehead atoms. The Balaban J connectivity index is 1.64. The Bertz CT molecular complexity index is 700. The summed E-state index contributed by atoms with van der Waals surface area (Å²) in [5.41, 5.74) is 7.10. The topological polar surface area (TPSA) is 67.4 Å². The third-order valence-corrected chi connectivity index (χ3v) is 4.54. The fraction of sp³-hybridized carbons (Fsp3) is 0.263. The monoisotopic (exact) mass is 358 g/mol. The minimum absolute atomic E-state index is 0.218. The van der Waals surface area contributed by atoms with E-state index in [4.69, 9.17) is 4.74 Å². The Morgan fingerprint density at radius 3 is 2.24 bits per heavy atom. The van der Waals surface area contributed by atoms with Gasteiger partial charge in [-0.2, -0.15) is 0 Å². The van der Waals surface area contributed by atoms with Gasteiger partial charge >= 0.3 is 0 Å². The maximum Gasteiger partial charge on any atom is 0.248 e. The molecule has 2 aromatic rings. The van der Waals surface area contributed by atoms with Crippen molar-refractivity contribution in [2.45, 2.75) is 24.7 Å². The number of thioether (sulfide) groups is 1. The fourth-order valence-electron chi connectivity index (χ4n) is 2.07. The van der Waals surface area contributed by atoms with Gasteiger partial charge in [0.2, 0.25) is 11.8 Å². The molecule has 0 radical (unpaired) electrons. The lowest BCUT2D eigenvalue weighted by molar-refractivity contribution is -0.127. The smallest absolute Gasteiger partial charge is 0.248 e. The summed E-state index contributed by atoms with van der Waals surface area (Å²) in [4.78, 5) is 24.6. The van der Waals surface area contributed by atoms with Crippen LogP contribution < -0.4 is 15.6 Å². The molecule has 0 saturated carbocycles. The normalized spacial score (nSPS) is 10.2. The van der Waals surface area contributed by atoms with E-state index in [9.17, 15) is 9.59 Å². The van der Waals surface area contributed by atoms with Crippen LogP contribution in [0.3, 0.4) is 0 Å². The van der Waals surface area contributed by atoms with E-state index in [-0.39, 0.29) is 17.6 Å². The number of benzene rings is 2. The number of carbonyl (C=O) groups excluding carboxylic acids is 2. The number of methoxy groups -OCH3 is 1. The second-order valence-corrected chi connectivity index (χ2v) is 6.59. The number of amides is 2. The molecule has 132 valence electrons.